The normalized spacial score (nSPS) is 14.2. The summed E-state index contributed by atoms with van der Waals surface area (Å²) in [5, 5.41) is 2.40. The minimum Gasteiger partial charge on any atom is -0.341 e. The van der Waals surface area contributed by atoms with E-state index >= 15 is 0 Å². The second-order valence-electron chi connectivity index (χ2n) is 4.72. The molecule has 0 aliphatic carbocycles. The smallest absolute Gasteiger partial charge is 0.325 e. The molecule has 1 aliphatic rings. The number of likely N-dealkylation sites (N-methyl/N-ethyl adjacent to an activating group) is 1. The Morgan fingerprint density at radius 2 is 2.10 bits per heavy atom. The number of carbonyl (C=O) groups excluding carboxylic acids is 3. The lowest BCUT2D eigenvalue weighted by Crippen LogP contribution is -2.43. The third-order valence-electron chi connectivity index (χ3n) is 3.38. The molecule has 2 rings (SSSR count). The monoisotopic (exact) mass is 290 g/mol. The average molecular weight is 290 g/mol. The highest BCUT2D eigenvalue weighted by Crippen LogP contribution is 2.04. The molecule has 1 N–H and O–H groups in total. The molecule has 1 saturated heterocycles. The number of imide groups is 1. The highest BCUT2D eigenvalue weighted by Gasteiger charge is 2.31. The maximum atomic E-state index is 12.2. The zero-order valence-corrected chi connectivity index (χ0v) is 11.9. The molecule has 0 aromatic carbocycles. The van der Waals surface area contributed by atoms with Crippen LogP contribution in [0, 0.1) is 0 Å². The summed E-state index contributed by atoms with van der Waals surface area (Å²) in [4.78, 5) is 41.6. The summed E-state index contributed by atoms with van der Waals surface area (Å²) in [6.07, 6.45) is 4.13. The van der Waals surface area contributed by atoms with E-state index < -0.39 is 6.03 Å². The van der Waals surface area contributed by atoms with Crippen LogP contribution in [-0.2, 0) is 16.0 Å². The molecular weight excluding hydrogens is 272 g/mol. The first-order chi connectivity index (χ1) is 10.1. The Morgan fingerprint density at radius 1 is 1.38 bits per heavy atom. The zero-order chi connectivity index (χ0) is 15.2. The van der Waals surface area contributed by atoms with Crippen LogP contribution >= 0.6 is 0 Å². The van der Waals surface area contributed by atoms with Crippen molar-refractivity contribution in [2.24, 2.45) is 0 Å². The third-order valence-corrected chi connectivity index (χ3v) is 3.38. The second kappa shape index (κ2) is 6.83. The predicted molar refractivity (Wildman–Crippen MR) is 75.3 cm³/mol. The van der Waals surface area contributed by atoms with Gasteiger partial charge in [0, 0.05) is 25.5 Å². The van der Waals surface area contributed by atoms with Gasteiger partial charge in [0.25, 0.3) is 5.91 Å². The number of rotatable bonds is 6. The molecule has 2 heterocycles. The van der Waals surface area contributed by atoms with Crippen molar-refractivity contribution in [1.82, 2.24) is 20.1 Å². The first-order valence-corrected chi connectivity index (χ1v) is 6.86. The van der Waals surface area contributed by atoms with Crippen LogP contribution in [-0.4, -0.2) is 58.8 Å². The SMILES string of the molecule is CCN(CCc1ccncc1)C(=O)CN1C(=O)CNC1=O. The quantitative estimate of drug-likeness (QED) is 0.749. The van der Waals surface area contributed by atoms with E-state index in [4.69, 9.17) is 0 Å². The summed E-state index contributed by atoms with van der Waals surface area (Å²) in [6.45, 7) is 2.72. The lowest BCUT2D eigenvalue weighted by Gasteiger charge is -2.23. The molecule has 4 amide bonds. The molecule has 0 bridgehead atoms. The van der Waals surface area contributed by atoms with Crippen molar-refractivity contribution in [3.8, 4) is 0 Å². The Balaban J connectivity index is 1.89. The molecule has 112 valence electrons. The van der Waals surface area contributed by atoms with Gasteiger partial charge in [-0.15, -0.1) is 0 Å². The van der Waals surface area contributed by atoms with Crippen LogP contribution in [0.25, 0.3) is 0 Å². The fourth-order valence-electron chi connectivity index (χ4n) is 2.12. The van der Waals surface area contributed by atoms with Gasteiger partial charge < -0.3 is 10.2 Å². The molecule has 1 aliphatic heterocycles. The van der Waals surface area contributed by atoms with Crippen LogP contribution < -0.4 is 5.32 Å². The molecular formula is C14H18N4O3. The largest absolute Gasteiger partial charge is 0.341 e. The fraction of sp³-hybridized carbons (Fsp3) is 0.429. The van der Waals surface area contributed by atoms with Crippen molar-refractivity contribution in [2.75, 3.05) is 26.2 Å². The Bertz CT molecular complexity index is 516. The summed E-state index contributed by atoms with van der Waals surface area (Å²) in [5.74, 6) is -0.588. The molecule has 0 spiro atoms. The summed E-state index contributed by atoms with van der Waals surface area (Å²) in [6, 6.07) is 3.30. The summed E-state index contributed by atoms with van der Waals surface area (Å²) in [7, 11) is 0. The van der Waals surface area contributed by atoms with E-state index in [0.717, 1.165) is 10.5 Å². The van der Waals surface area contributed by atoms with E-state index in [1.54, 1.807) is 17.3 Å². The number of carbonyl (C=O) groups is 3. The van der Waals surface area contributed by atoms with E-state index in [9.17, 15) is 14.4 Å². The molecule has 0 saturated carbocycles. The number of hydrogen-bond acceptors (Lipinski definition) is 4. The van der Waals surface area contributed by atoms with E-state index in [-0.39, 0.29) is 24.9 Å². The van der Waals surface area contributed by atoms with E-state index in [1.807, 2.05) is 19.1 Å². The number of amides is 4. The Morgan fingerprint density at radius 3 is 2.67 bits per heavy atom. The molecule has 7 heteroatoms. The van der Waals surface area contributed by atoms with Crippen molar-refractivity contribution in [3.63, 3.8) is 0 Å². The van der Waals surface area contributed by atoms with Gasteiger partial charge in [0.05, 0.1) is 6.54 Å². The van der Waals surface area contributed by atoms with Crippen molar-refractivity contribution in [2.45, 2.75) is 13.3 Å². The molecule has 1 aromatic rings. The Labute approximate surface area is 122 Å². The summed E-state index contributed by atoms with van der Waals surface area (Å²) in [5.41, 5.74) is 1.09. The average Bonchev–Trinajstić information content (AvgIpc) is 2.81. The topological polar surface area (TPSA) is 82.6 Å². The molecule has 0 radical (unpaired) electrons. The highest BCUT2D eigenvalue weighted by atomic mass is 16.2. The van der Waals surface area contributed by atoms with Gasteiger partial charge in [0.1, 0.15) is 6.54 Å². The van der Waals surface area contributed by atoms with Crippen molar-refractivity contribution in [1.29, 1.82) is 0 Å². The van der Waals surface area contributed by atoms with Crippen LogP contribution in [0.3, 0.4) is 0 Å². The fourth-order valence-corrected chi connectivity index (χ4v) is 2.12. The molecule has 1 aromatic heterocycles. The van der Waals surface area contributed by atoms with Gasteiger partial charge in [-0.1, -0.05) is 0 Å². The first-order valence-electron chi connectivity index (χ1n) is 6.86. The van der Waals surface area contributed by atoms with Gasteiger partial charge in [0.15, 0.2) is 0 Å². The van der Waals surface area contributed by atoms with Gasteiger partial charge in [-0.25, -0.2) is 4.79 Å². The lowest BCUT2D eigenvalue weighted by atomic mass is 10.2. The van der Waals surface area contributed by atoms with Gasteiger partial charge in [0.2, 0.25) is 5.91 Å². The summed E-state index contributed by atoms with van der Waals surface area (Å²) >= 11 is 0. The van der Waals surface area contributed by atoms with Gasteiger partial charge in [-0.3, -0.25) is 19.5 Å². The zero-order valence-electron chi connectivity index (χ0n) is 11.9. The van der Waals surface area contributed by atoms with Gasteiger partial charge in [-0.2, -0.15) is 0 Å². The maximum absolute atomic E-state index is 12.2. The van der Waals surface area contributed by atoms with E-state index in [0.29, 0.717) is 19.5 Å². The van der Waals surface area contributed by atoms with Crippen molar-refractivity contribution in [3.05, 3.63) is 30.1 Å². The van der Waals surface area contributed by atoms with E-state index in [1.165, 1.54) is 0 Å². The maximum Gasteiger partial charge on any atom is 0.325 e. The molecule has 0 unspecified atom stereocenters. The van der Waals surface area contributed by atoms with Crippen LogP contribution in [0.5, 0.6) is 0 Å². The Hall–Kier alpha value is -2.44. The molecule has 7 nitrogen and oxygen atoms in total. The third kappa shape index (κ3) is 3.77. The first kappa shape index (κ1) is 15.0. The number of aromatic nitrogens is 1. The predicted octanol–water partition coefficient (Wildman–Crippen LogP) is 0.0244. The van der Waals surface area contributed by atoms with Crippen LogP contribution in [0.2, 0.25) is 0 Å². The van der Waals surface area contributed by atoms with Crippen molar-refractivity contribution >= 4 is 17.8 Å². The lowest BCUT2D eigenvalue weighted by molar-refractivity contribution is -0.136. The number of hydrogen-bond donors (Lipinski definition) is 1. The number of urea groups is 1. The van der Waals surface area contributed by atoms with E-state index in [2.05, 4.69) is 10.3 Å². The van der Waals surface area contributed by atoms with Crippen LogP contribution in [0.4, 0.5) is 4.79 Å². The minimum atomic E-state index is -0.501. The van der Waals surface area contributed by atoms with Crippen molar-refractivity contribution < 1.29 is 14.4 Å². The standard InChI is InChI=1S/C14H18N4O3/c1-2-17(8-5-11-3-6-15-7-4-11)13(20)10-18-12(19)9-16-14(18)21/h3-4,6-7H,2,5,8-10H2,1H3,(H,16,21). The van der Waals surface area contributed by atoms with Gasteiger partial charge in [-0.05, 0) is 31.0 Å². The molecule has 21 heavy (non-hydrogen) atoms. The number of nitrogens with one attached hydrogen (secondary N) is 1. The molecule has 1 fully saturated rings. The number of nitrogens with zero attached hydrogens (tertiary/aromatic N) is 3. The minimum absolute atomic E-state index is 0.0325. The van der Waals surface area contributed by atoms with Crippen LogP contribution in [0.15, 0.2) is 24.5 Å². The second-order valence-corrected chi connectivity index (χ2v) is 4.72. The van der Waals surface area contributed by atoms with Gasteiger partial charge >= 0.3 is 6.03 Å². The molecule has 0 atom stereocenters. The summed E-state index contributed by atoms with van der Waals surface area (Å²) < 4.78 is 0. The Kier molecular flexibility index (Phi) is 4.86. The number of pyridine rings is 1. The highest BCUT2D eigenvalue weighted by molar-refractivity contribution is 6.04. The van der Waals surface area contributed by atoms with Crippen LogP contribution in [0.1, 0.15) is 12.5 Å².